The van der Waals surface area contributed by atoms with E-state index in [1.807, 2.05) is 19.1 Å². The summed E-state index contributed by atoms with van der Waals surface area (Å²) >= 11 is 1.14. The number of aromatic nitrogens is 2. The van der Waals surface area contributed by atoms with Crippen LogP contribution in [-0.2, 0) is 11.3 Å². The largest absolute Gasteiger partial charge is 0.443 e. The number of aryl methyl sites for hydroxylation is 1. The van der Waals surface area contributed by atoms with Crippen LogP contribution in [0.5, 0.6) is 0 Å². The average molecular weight is 333 g/mol. The van der Waals surface area contributed by atoms with Crippen LogP contribution >= 0.6 is 11.3 Å². The third kappa shape index (κ3) is 4.85. The van der Waals surface area contributed by atoms with Gasteiger partial charge in [0.2, 0.25) is 0 Å². The van der Waals surface area contributed by atoms with Crippen molar-refractivity contribution in [1.29, 1.82) is 0 Å². The monoisotopic (exact) mass is 333 g/mol. The lowest BCUT2D eigenvalue weighted by Crippen LogP contribution is -2.36. The van der Waals surface area contributed by atoms with Crippen molar-refractivity contribution >= 4 is 28.8 Å². The molecule has 0 aliphatic carbocycles. The normalized spacial score (nSPS) is 11.1. The van der Waals surface area contributed by atoms with Crippen molar-refractivity contribution in [2.45, 2.75) is 39.8 Å². The number of amides is 1. The Morgan fingerprint density at radius 1 is 1.30 bits per heavy atom. The predicted octanol–water partition coefficient (Wildman–Crippen LogP) is 3.60. The lowest BCUT2D eigenvalue weighted by atomic mass is 10.2. The van der Waals surface area contributed by atoms with E-state index in [1.165, 1.54) is 11.1 Å². The topological polar surface area (TPSA) is 72.4 Å². The molecule has 2 heterocycles. The van der Waals surface area contributed by atoms with Gasteiger partial charge in [-0.3, -0.25) is 9.78 Å². The van der Waals surface area contributed by atoms with Gasteiger partial charge in [0, 0.05) is 11.9 Å². The molecule has 122 valence electrons. The fraction of sp³-hybridized carbons (Fsp3) is 0.375. The summed E-state index contributed by atoms with van der Waals surface area (Å²) in [4.78, 5) is 33.6. The molecular weight excluding hydrogens is 314 g/mol. The van der Waals surface area contributed by atoms with Crippen molar-refractivity contribution in [3.8, 4) is 0 Å². The summed E-state index contributed by atoms with van der Waals surface area (Å²) in [6.45, 7) is 7.57. The van der Waals surface area contributed by atoms with Gasteiger partial charge >= 0.3 is 6.09 Å². The molecule has 0 N–H and O–H groups in total. The minimum atomic E-state index is -0.619. The quantitative estimate of drug-likeness (QED) is 0.799. The molecule has 0 atom stereocenters. The van der Waals surface area contributed by atoms with Crippen LogP contribution in [0.25, 0.3) is 0 Å². The Kier molecular flexibility index (Phi) is 5.10. The molecule has 0 fully saturated rings. The third-order valence-electron chi connectivity index (χ3n) is 2.79. The van der Waals surface area contributed by atoms with Crippen molar-refractivity contribution in [2.24, 2.45) is 0 Å². The van der Waals surface area contributed by atoms with Crippen molar-refractivity contribution in [3.63, 3.8) is 0 Å². The number of hydrogen-bond donors (Lipinski definition) is 0. The Morgan fingerprint density at radius 3 is 2.57 bits per heavy atom. The molecule has 6 nitrogen and oxygen atoms in total. The molecule has 0 unspecified atom stereocenters. The Hall–Kier alpha value is -2.28. The van der Waals surface area contributed by atoms with Gasteiger partial charge in [-0.05, 0) is 39.3 Å². The molecule has 0 aliphatic heterocycles. The summed E-state index contributed by atoms with van der Waals surface area (Å²) in [7, 11) is 0. The maximum Gasteiger partial charge on any atom is 0.416 e. The number of nitrogens with zero attached hydrogens (tertiary/aromatic N) is 3. The molecule has 0 spiro atoms. The van der Waals surface area contributed by atoms with Gasteiger partial charge in [-0.25, -0.2) is 14.7 Å². The SMILES string of the molecule is Cc1ccc(CN(C(=O)OC(C)(C)C)c2ncc(C=O)s2)cn1. The number of carbonyl (C=O) groups is 2. The highest BCUT2D eigenvalue weighted by Crippen LogP contribution is 2.25. The summed E-state index contributed by atoms with van der Waals surface area (Å²) < 4.78 is 5.44. The number of anilines is 1. The molecule has 7 heteroatoms. The van der Waals surface area contributed by atoms with Gasteiger partial charge < -0.3 is 4.74 Å². The summed E-state index contributed by atoms with van der Waals surface area (Å²) in [6, 6.07) is 3.77. The van der Waals surface area contributed by atoms with Crippen LogP contribution in [-0.4, -0.2) is 27.9 Å². The van der Waals surface area contributed by atoms with Crippen LogP contribution in [0.3, 0.4) is 0 Å². The zero-order chi connectivity index (χ0) is 17.0. The van der Waals surface area contributed by atoms with Gasteiger partial charge in [-0.2, -0.15) is 0 Å². The first-order valence-corrected chi connectivity index (χ1v) is 7.93. The van der Waals surface area contributed by atoms with Crippen LogP contribution < -0.4 is 4.90 Å². The minimum absolute atomic E-state index is 0.272. The fourth-order valence-electron chi connectivity index (χ4n) is 1.76. The second-order valence-electron chi connectivity index (χ2n) is 6.04. The number of pyridine rings is 1. The van der Waals surface area contributed by atoms with Gasteiger partial charge in [0.05, 0.1) is 17.6 Å². The second-order valence-corrected chi connectivity index (χ2v) is 7.08. The van der Waals surface area contributed by atoms with Gasteiger partial charge in [0.15, 0.2) is 11.4 Å². The van der Waals surface area contributed by atoms with E-state index in [0.29, 0.717) is 16.3 Å². The van der Waals surface area contributed by atoms with Crippen molar-refractivity contribution < 1.29 is 14.3 Å². The first-order valence-electron chi connectivity index (χ1n) is 7.11. The smallest absolute Gasteiger partial charge is 0.416 e. The van der Waals surface area contributed by atoms with Crippen LogP contribution in [0.2, 0.25) is 0 Å². The maximum atomic E-state index is 12.5. The van der Waals surface area contributed by atoms with Gasteiger partial charge in [-0.1, -0.05) is 17.4 Å². The van der Waals surface area contributed by atoms with E-state index in [2.05, 4.69) is 9.97 Å². The van der Waals surface area contributed by atoms with Crippen LogP contribution in [0.1, 0.15) is 41.7 Å². The molecular formula is C16H19N3O3S. The highest BCUT2D eigenvalue weighted by atomic mass is 32.1. The molecule has 0 bridgehead atoms. The van der Waals surface area contributed by atoms with E-state index in [4.69, 9.17) is 4.74 Å². The molecule has 0 aromatic carbocycles. The van der Waals surface area contributed by atoms with E-state index < -0.39 is 11.7 Å². The first-order chi connectivity index (χ1) is 10.8. The van der Waals surface area contributed by atoms with Gasteiger partial charge in [0.25, 0.3) is 0 Å². The Bertz CT molecular complexity index is 689. The fourth-order valence-corrected chi connectivity index (χ4v) is 2.48. The standard InChI is InChI=1S/C16H19N3O3S/c1-11-5-6-12(7-17-11)9-19(15(21)22-16(2,3)4)14-18-8-13(10-20)23-14/h5-8,10H,9H2,1-4H3. The highest BCUT2D eigenvalue weighted by molar-refractivity contribution is 7.17. The Labute approximate surface area is 139 Å². The summed E-state index contributed by atoms with van der Waals surface area (Å²) in [5, 5.41) is 0.418. The molecule has 2 rings (SSSR count). The molecule has 0 radical (unpaired) electrons. The maximum absolute atomic E-state index is 12.5. The Balaban J connectivity index is 2.28. The summed E-state index contributed by atoms with van der Waals surface area (Å²) in [5.74, 6) is 0. The highest BCUT2D eigenvalue weighted by Gasteiger charge is 2.25. The van der Waals surface area contributed by atoms with E-state index in [-0.39, 0.29) is 6.54 Å². The van der Waals surface area contributed by atoms with E-state index in [9.17, 15) is 9.59 Å². The molecule has 23 heavy (non-hydrogen) atoms. The van der Waals surface area contributed by atoms with Crippen molar-refractivity contribution in [3.05, 3.63) is 40.7 Å². The van der Waals surface area contributed by atoms with E-state index in [1.54, 1.807) is 27.0 Å². The van der Waals surface area contributed by atoms with Gasteiger partial charge in [-0.15, -0.1) is 0 Å². The lowest BCUT2D eigenvalue weighted by Gasteiger charge is -2.25. The zero-order valence-corrected chi connectivity index (χ0v) is 14.4. The van der Waals surface area contributed by atoms with E-state index >= 15 is 0 Å². The molecule has 0 aliphatic rings. The second kappa shape index (κ2) is 6.87. The average Bonchev–Trinajstić information content (AvgIpc) is 2.93. The number of ether oxygens (including phenoxy) is 1. The third-order valence-corrected chi connectivity index (χ3v) is 3.73. The van der Waals surface area contributed by atoms with Crippen molar-refractivity contribution in [2.75, 3.05) is 4.90 Å². The number of carbonyl (C=O) groups excluding carboxylic acids is 2. The number of aldehydes is 1. The van der Waals surface area contributed by atoms with Crippen LogP contribution in [0, 0.1) is 6.92 Å². The molecule has 0 saturated carbocycles. The molecule has 1 amide bonds. The van der Waals surface area contributed by atoms with Gasteiger partial charge in [0.1, 0.15) is 5.60 Å². The molecule has 0 saturated heterocycles. The van der Waals surface area contributed by atoms with Crippen LogP contribution in [0.15, 0.2) is 24.5 Å². The Morgan fingerprint density at radius 2 is 2.04 bits per heavy atom. The van der Waals surface area contributed by atoms with Crippen molar-refractivity contribution in [1.82, 2.24) is 9.97 Å². The molecule has 2 aromatic rings. The number of thiazole rings is 1. The first kappa shape index (κ1) is 17.1. The summed E-state index contributed by atoms with van der Waals surface area (Å²) in [5.41, 5.74) is 1.13. The minimum Gasteiger partial charge on any atom is -0.443 e. The lowest BCUT2D eigenvalue weighted by molar-refractivity contribution is 0.0577. The molecule has 2 aromatic heterocycles. The zero-order valence-electron chi connectivity index (χ0n) is 13.6. The summed E-state index contributed by atoms with van der Waals surface area (Å²) in [6.07, 6.45) is 3.35. The predicted molar refractivity (Wildman–Crippen MR) is 88.9 cm³/mol. The number of rotatable bonds is 4. The van der Waals surface area contributed by atoms with E-state index in [0.717, 1.165) is 22.6 Å². The number of hydrogen-bond acceptors (Lipinski definition) is 6. The van der Waals surface area contributed by atoms with Crippen LogP contribution in [0.4, 0.5) is 9.93 Å².